The van der Waals surface area contributed by atoms with Crippen molar-refractivity contribution in [3.05, 3.63) is 36.3 Å². The average Bonchev–Trinajstić information content (AvgIpc) is 2.59. The summed E-state index contributed by atoms with van der Waals surface area (Å²) < 4.78 is 32.0. The molecule has 0 aromatic rings. The van der Waals surface area contributed by atoms with E-state index in [1.54, 1.807) is 0 Å². The minimum atomic E-state index is -1.41. The van der Waals surface area contributed by atoms with Crippen molar-refractivity contribution in [2.75, 3.05) is 6.61 Å². The number of rotatable bonds is 6. The lowest BCUT2D eigenvalue weighted by Crippen LogP contribution is -2.25. The standard InChI is InChI=1S/C19H28F2O2/c1-13(22)18(20)19(21)14(2)23-12-15-8-10-17(11-9-15)16-6-4-3-5-7-16/h15-17,22H,1-12H2/b19-18-. The molecule has 0 unspecified atom stereocenters. The molecule has 0 aromatic heterocycles. The van der Waals surface area contributed by atoms with E-state index in [1.807, 2.05) is 0 Å². The molecule has 0 bridgehead atoms. The van der Waals surface area contributed by atoms with Gasteiger partial charge in [-0.2, -0.15) is 8.78 Å². The molecule has 0 heterocycles. The molecule has 2 nitrogen and oxygen atoms in total. The Morgan fingerprint density at radius 2 is 1.43 bits per heavy atom. The smallest absolute Gasteiger partial charge is 0.203 e. The number of aliphatic hydroxyl groups excluding tert-OH is 1. The summed E-state index contributed by atoms with van der Waals surface area (Å²) in [5.74, 6) is -1.89. The van der Waals surface area contributed by atoms with Gasteiger partial charge in [-0.1, -0.05) is 45.3 Å². The van der Waals surface area contributed by atoms with Crippen LogP contribution in [0.2, 0.25) is 0 Å². The van der Waals surface area contributed by atoms with Crippen molar-refractivity contribution in [3.8, 4) is 0 Å². The van der Waals surface area contributed by atoms with Crippen LogP contribution in [0.5, 0.6) is 0 Å². The molecular formula is C19H28F2O2. The fourth-order valence-corrected chi connectivity index (χ4v) is 3.96. The molecule has 0 saturated heterocycles. The van der Waals surface area contributed by atoms with Crippen molar-refractivity contribution in [1.29, 1.82) is 0 Å². The highest BCUT2D eigenvalue weighted by molar-refractivity contribution is 5.28. The fraction of sp³-hybridized carbons (Fsp3) is 0.684. The second-order valence-corrected chi connectivity index (χ2v) is 6.99. The van der Waals surface area contributed by atoms with E-state index in [-0.39, 0.29) is 5.76 Å². The van der Waals surface area contributed by atoms with Gasteiger partial charge in [0, 0.05) is 0 Å². The minimum absolute atomic E-state index is 0.356. The molecule has 4 heteroatoms. The quantitative estimate of drug-likeness (QED) is 0.470. The predicted molar refractivity (Wildman–Crippen MR) is 88.1 cm³/mol. The molecule has 0 aliphatic heterocycles. The van der Waals surface area contributed by atoms with Crippen LogP contribution in [0.3, 0.4) is 0 Å². The van der Waals surface area contributed by atoms with Crippen LogP contribution < -0.4 is 0 Å². The lowest BCUT2D eigenvalue weighted by atomic mass is 9.71. The van der Waals surface area contributed by atoms with Crippen LogP contribution in [0, 0.1) is 17.8 Å². The molecule has 2 saturated carbocycles. The Labute approximate surface area is 137 Å². The molecule has 1 N–H and O–H groups in total. The zero-order valence-electron chi connectivity index (χ0n) is 13.8. The molecule has 0 radical (unpaired) electrons. The first-order chi connectivity index (χ1) is 11.0. The van der Waals surface area contributed by atoms with Crippen LogP contribution >= 0.6 is 0 Å². The van der Waals surface area contributed by atoms with E-state index in [0.29, 0.717) is 12.5 Å². The van der Waals surface area contributed by atoms with Crippen molar-refractivity contribution in [2.24, 2.45) is 17.8 Å². The average molecular weight is 326 g/mol. The van der Waals surface area contributed by atoms with E-state index in [9.17, 15) is 8.78 Å². The molecule has 130 valence electrons. The number of halogens is 2. The van der Waals surface area contributed by atoms with Gasteiger partial charge in [-0.25, -0.2) is 0 Å². The summed E-state index contributed by atoms with van der Waals surface area (Å²) in [6, 6.07) is 0. The van der Waals surface area contributed by atoms with Gasteiger partial charge in [-0.05, 0) is 43.4 Å². The van der Waals surface area contributed by atoms with Crippen LogP contribution in [0.1, 0.15) is 57.8 Å². The predicted octanol–water partition coefficient (Wildman–Crippen LogP) is 6.13. The Morgan fingerprint density at radius 3 is 2.00 bits per heavy atom. The Bertz CT molecular complexity index is 456. The summed E-state index contributed by atoms with van der Waals surface area (Å²) in [6.07, 6.45) is 11.5. The Hall–Kier alpha value is -1.32. The van der Waals surface area contributed by atoms with E-state index >= 15 is 0 Å². The van der Waals surface area contributed by atoms with E-state index in [0.717, 1.165) is 24.7 Å². The summed E-state index contributed by atoms with van der Waals surface area (Å²) in [6.45, 7) is 6.69. The van der Waals surface area contributed by atoms with Crippen LogP contribution in [0.25, 0.3) is 0 Å². The number of hydrogen-bond donors (Lipinski definition) is 1. The molecule has 2 aliphatic carbocycles. The third-order valence-corrected chi connectivity index (χ3v) is 5.39. The number of allylic oxidation sites excluding steroid dienone is 2. The molecule has 0 spiro atoms. The van der Waals surface area contributed by atoms with Crippen LogP contribution in [-0.4, -0.2) is 11.7 Å². The number of aliphatic hydroxyl groups is 1. The maximum absolute atomic E-state index is 13.6. The SMILES string of the molecule is C=C(O)/C(F)=C(/F)C(=C)OCC1CCC(C2CCCCC2)CC1. The van der Waals surface area contributed by atoms with Gasteiger partial charge in [0.05, 0.1) is 6.61 Å². The first-order valence-electron chi connectivity index (χ1n) is 8.74. The van der Waals surface area contributed by atoms with Gasteiger partial charge in [-0.3, -0.25) is 0 Å². The topological polar surface area (TPSA) is 29.5 Å². The highest BCUT2D eigenvalue weighted by atomic mass is 19.2. The van der Waals surface area contributed by atoms with E-state index in [4.69, 9.17) is 9.84 Å². The zero-order chi connectivity index (χ0) is 16.8. The zero-order valence-corrected chi connectivity index (χ0v) is 13.8. The third kappa shape index (κ3) is 5.08. The molecule has 2 rings (SSSR count). The molecule has 2 fully saturated rings. The fourth-order valence-electron chi connectivity index (χ4n) is 3.96. The molecule has 0 aromatic carbocycles. The van der Waals surface area contributed by atoms with Crippen molar-refractivity contribution >= 4 is 0 Å². The highest BCUT2D eigenvalue weighted by Crippen LogP contribution is 2.40. The van der Waals surface area contributed by atoms with E-state index in [1.165, 1.54) is 44.9 Å². The molecule has 0 atom stereocenters. The summed E-state index contributed by atoms with van der Waals surface area (Å²) in [7, 11) is 0. The Morgan fingerprint density at radius 1 is 0.870 bits per heavy atom. The van der Waals surface area contributed by atoms with Gasteiger partial charge >= 0.3 is 0 Å². The van der Waals surface area contributed by atoms with Crippen LogP contribution in [-0.2, 0) is 4.74 Å². The minimum Gasteiger partial charge on any atom is -0.505 e. The Kier molecular flexibility index (Phi) is 6.67. The van der Waals surface area contributed by atoms with Gasteiger partial charge in [0.15, 0.2) is 5.76 Å². The summed E-state index contributed by atoms with van der Waals surface area (Å²) in [5.41, 5.74) is 0. The molecular weight excluding hydrogens is 298 g/mol. The van der Waals surface area contributed by atoms with Crippen molar-refractivity contribution < 1.29 is 18.6 Å². The van der Waals surface area contributed by atoms with E-state index in [2.05, 4.69) is 13.2 Å². The first-order valence-corrected chi connectivity index (χ1v) is 8.74. The summed E-state index contributed by atoms with van der Waals surface area (Å²) >= 11 is 0. The van der Waals surface area contributed by atoms with Crippen molar-refractivity contribution in [3.63, 3.8) is 0 Å². The van der Waals surface area contributed by atoms with Gasteiger partial charge < -0.3 is 9.84 Å². The highest BCUT2D eigenvalue weighted by Gasteiger charge is 2.29. The van der Waals surface area contributed by atoms with E-state index < -0.39 is 17.4 Å². The number of hydrogen-bond acceptors (Lipinski definition) is 2. The van der Waals surface area contributed by atoms with Gasteiger partial charge in [-0.15, -0.1) is 0 Å². The van der Waals surface area contributed by atoms with Crippen LogP contribution in [0.4, 0.5) is 8.78 Å². The second kappa shape index (κ2) is 8.51. The van der Waals surface area contributed by atoms with Crippen LogP contribution in [0.15, 0.2) is 36.3 Å². The maximum atomic E-state index is 13.6. The second-order valence-electron chi connectivity index (χ2n) is 6.99. The van der Waals surface area contributed by atoms with Gasteiger partial charge in [0.2, 0.25) is 11.7 Å². The molecule has 2 aliphatic rings. The molecule has 23 heavy (non-hydrogen) atoms. The third-order valence-electron chi connectivity index (χ3n) is 5.39. The Balaban J connectivity index is 1.73. The maximum Gasteiger partial charge on any atom is 0.203 e. The largest absolute Gasteiger partial charge is 0.505 e. The lowest BCUT2D eigenvalue weighted by Gasteiger charge is -2.35. The summed E-state index contributed by atoms with van der Waals surface area (Å²) in [4.78, 5) is 0. The van der Waals surface area contributed by atoms with Crippen molar-refractivity contribution in [2.45, 2.75) is 57.8 Å². The lowest BCUT2D eigenvalue weighted by molar-refractivity contribution is 0.105. The van der Waals surface area contributed by atoms with Gasteiger partial charge in [0.25, 0.3) is 0 Å². The van der Waals surface area contributed by atoms with Crippen molar-refractivity contribution in [1.82, 2.24) is 0 Å². The molecule has 0 amide bonds. The number of ether oxygens (including phenoxy) is 1. The normalized spacial score (nSPS) is 27.2. The first kappa shape index (κ1) is 18.0. The van der Waals surface area contributed by atoms with Gasteiger partial charge in [0.1, 0.15) is 5.76 Å². The monoisotopic (exact) mass is 326 g/mol. The summed E-state index contributed by atoms with van der Waals surface area (Å²) in [5, 5.41) is 8.85.